The Morgan fingerprint density at radius 3 is 2.87 bits per heavy atom. The third-order valence-corrected chi connectivity index (χ3v) is 5.09. The van der Waals surface area contributed by atoms with Crippen LogP contribution >= 0.6 is 11.3 Å². The monoisotopic (exact) mass is 332 g/mol. The number of nitrogens with one attached hydrogen (secondary N) is 1. The summed E-state index contributed by atoms with van der Waals surface area (Å²) in [6, 6.07) is 3.69. The zero-order valence-electron chi connectivity index (χ0n) is 13.0. The molecule has 0 aromatic carbocycles. The van der Waals surface area contributed by atoms with Gasteiger partial charge in [0.2, 0.25) is 0 Å². The van der Waals surface area contributed by atoms with Crippen molar-refractivity contribution in [2.75, 3.05) is 29.9 Å². The Morgan fingerprint density at radius 2 is 2.22 bits per heavy atom. The first-order valence-corrected chi connectivity index (χ1v) is 8.59. The molecule has 0 saturated carbocycles. The summed E-state index contributed by atoms with van der Waals surface area (Å²) in [5.74, 6) is 1.01. The molecule has 0 aliphatic carbocycles. The average Bonchev–Trinajstić information content (AvgIpc) is 3.02. The quantitative estimate of drug-likeness (QED) is 0.898. The second kappa shape index (κ2) is 7.06. The van der Waals surface area contributed by atoms with E-state index < -0.39 is 0 Å². The van der Waals surface area contributed by atoms with Gasteiger partial charge in [-0.2, -0.15) is 0 Å². The number of anilines is 2. The highest BCUT2D eigenvalue weighted by Crippen LogP contribution is 2.28. The lowest BCUT2D eigenvalue weighted by Crippen LogP contribution is -2.35. The van der Waals surface area contributed by atoms with E-state index in [-0.39, 0.29) is 12.5 Å². The summed E-state index contributed by atoms with van der Waals surface area (Å²) in [5, 5.41) is 12.2. The van der Waals surface area contributed by atoms with E-state index in [1.54, 1.807) is 11.7 Å². The zero-order chi connectivity index (χ0) is 16.2. The molecule has 2 N–H and O–H groups in total. The van der Waals surface area contributed by atoms with Gasteiger partial charge in [0.05, 0.1) is 16.9 Å². The number of amides is 1. The Kier molecular flexibility index (Phi) is 4.88. The van der Waals surface area contributed by atoms with Crippen LogP contribution in [-0.4, -0.2) is 40.7 Å². The number of pyridine rings is 1. The lowest BCUT2D eigenvalue weighted by atomic mass is 9.98. The number of hydrogen-bond donors (Lipinski definition) is 2. The maximum absolute atomic E-state index is 12.4. The highest BCUT2D eigenvalue weighted by molar-refractivity contribution is 7.12. The maximum Gasteiger partial charge on any atom is 0.267 e. The standard InChI is InChI=1S/C16H20N4O2S/c1-11-14(23-10-18-11)16(22)19-13-3-2-6-17-15(13)20-7-4-12(9-21)5-8-20/h2-3,6,10,12,21H,4-5,7-9H2,1H3,(H,19,22). The van der Waals surface area contributed by atoms with Crippen molar-refractivity contribution in [1.29, 1.82) is 0 Å². The van der Waals surface area contributed by atoms with Gasteiger partial charge in [-0.25, -0.2) is 9.97 Å². The van der Waals surface area contributed by atoms with Crippen LogP contribution in [0.25, 0.3) is 0 Å². The fraction of sp³-hybridized carbons (Fsp3) is 0.438. The van der Waals surface area contributed by atoms with Crippen LogP contribution in [0, 0.1) is 12.8 Å². The molecule has 0 unspecified atom stereocenters. The lowest BCUT2D eigenvalue weighted by molar-refractivity contribution is 0.103. The fourth-order valence-corrected chi connectivity index (χ4v) is 3.47. The molecule has 1 fully saturated rings. The summed E-state index contributed by atoms with van der Waals surface area (Å²) in [4.78, 5) is 23.8. The van der Waals surface area contributed by atoms with E-state index in [1.165, 1.54) is 11.3 Å². The summed E-state index contributed by atoms with van der Waals surface area (Å²) in [6.45, 7) is 3.74. The second-order valence-electron chi connectivity index (χ2n) is 5.71. The van der Waals surface area contributed by atoms with Gasteiger partial charge in [-0.05, 0) is 37.8 Å². The van der Waals surface area contributed by atoms with E-state index in [4.69, 9.17) is 0 Å². The Bertz CT molecular complexity index is 680. The number of carbonyl (C=O) groups is 1. The number of carbonyl (C=O) groups excluding carboxylic acids is 1. The molecule has 23 heavy (non-hydrogen) atoms. The Labute approximate surface area is 139 Å². The molecule has 122 valence electrons. The molecule has 0 atom stereocenters. The largest absolute Gasteiger partial charge is 0.396 e. The minimum absolute atomic E-state index is 0.149. The SMILES string of the molecule is Cc1ncsc1C(=O)Nc1cccnc1N1CCC(CO)CC1. The van der Waals surface area contributed by atoms with Crippen molar-refractivity contribution >= 4 is 28.7 Å². The Hall–Kier alpha value is -1.99. The molecule has 2 aromatic rings. The minimum Gasteiger partial charge on any atom is -0.396 e. The Morgan fingerprint density at radius 1 is 1.43 bits per heavy atom. The predicted octanol–water partition coefficient (Wildman–Crippen LogP) is 2.31. The number of aryl methyl sites for hydroxylation is 1. The van der Waals surface area contributed by atoms with Gasteiger partial charge in [-0.15, -0.1) is 11.3 Å². The molecule has 3 rings (SSSR count). The summed E-state index contributed by atoms with van der Waals surface area (Å²) in [6.07, 6.45) is 3.61. The van der Waals surface area contributed by atoms with Gasteiger partial charge in [0, 0.05) is 25.9 Å². The van der Waals surface area contributed by atoms with Crippen LogP contribution in [0.3, 0.4) is 0 Å². The van der Waals surface area contributed by atoms with Crippen molar-refractivity contribution in [3.63, 3.8) is 0 Å². The summed E-state index contributed by atoms with van der Waals surface area (Å²) in [5.41, 5.74) is 3.13. The van der Waals surface area contributed by atoms with Gasteiger partial charge in [0.1, 0.15) is 4.88 Å². The van der Waals surface area contributed by atoms with E-state index in [1.807, 2.05) is 19.1 Å². The van der Waals surface area contributed by atoms with E-state index in [0.717, 1.165) is 37.4 Å². The molecule has 1 aliphatic rings. The topological polar surface area (TPSA) is 78.4 Å². The lowest BCUT2D eigenvalue weighted by Gasteiger charge is -2.33. The van der Waals surface area contributed by atoms with Crippen LogP contribution < -0.4 is 10.2 Å². The van der Waals surface area contributed by atoms with E-state index in [0.29, 0.717) is 16.5 Å². The zero-order valence-corrected chi connectivity index (χ0v) is 13.8. The minimum atomic E-state index is -0.149. The summed E-state index contributed by atoms with van der Waals surface area (Å²) >= 11 is 1.34. The van der Waals surface area contributed by atoms with Crippen molar-refractivity contribution < 1.29 is 9.90 Å². The van der Waals surface area contributed by atoms with Crippen LogP contribution in [0.1, 0.15) is 28.2 Å². The van der Waals surface area contributed by atoms with Crippen LogP contribution in [0.5, 0.6) is 0 Å². The number of hydrogen-bond acceptors (Lipinski definition) is 6. The van der Waals surface area contributed by atoms with E-state index in [9.17, 15) is 9.90 Å². The molecule has 1 saturated heterocycles. The summed E-state index contributed by atoms with van der Waals surface area (Å²) in [7, 11) is 0. The first kappa shape index (κ1) is 15.9. The third kappa shape index (κ3) is 3.51. The van der Waals surface area contributed by atoms with Crippen molar-refractivity contribution in [3.05, 3.63) is 34.4 Å². The number of piperidine rings is 1. The normalized spacial score (nSPS) is 15.7. The van der Waals surface area contributed by atoms with Crippen LogP contribution in [0.2, 0.25) is 0 Å². The number of rotatable bonds is 4. The molecule has 3 heterocycles. The average molecular weight is 332 g/mol. The number of aliphatic hydroxyl groups is 1. The first-order valence-electron chi connectivity index (χ1n) is 7.71. The van der Waals surface area contributed by atoms with Gasteiger partial charge in [-0.3, -0.25) is 4.79 Å². The molecule has 2 aromatic heterocycles. The smallest absolute Gasteiger partial charge is 0.267 e. The number of aliphatic hydroxyl groups excluding tert-OH is 1. The third-order valence-electron chi connectivity index (χ3n) is 4.16. The van der Waals surface area contributed by atoms with Gasteiger partial charge >= 0.3 is 0 Å². The van der Waals surface area contributed by atoms with Gasteiger partial charge in [0.15, 0.2) is 5.82 Å². The molecular weight excluding hydrogens is 312 g/mol. The van der Waals surface area contributed by atoms with E-state index in [2.05, 4.69) is 20.2 Å². The molecule has 1 aliphatic heterocycles. The van der Waals surface area contributed by atoms with Gasteiger partial charge < -0.3 is 15.3 Å². The molecule has 0 radical (unpaired) electrons. The van der Waals surface area contributed by atoms with Crippen LogP contribution in [-0.2, 0) is 0 Å². The number of thiazole rings is 1. The molecule has 1 amide bonds. The molecular formula is C16H20N4O2S. The van der Waals surface area contributed by atoms with Gasteiger partial charge in [0.25, 0.3) is 5.91 Å². The summed E-state index contributed by atoms with van der Waals surface area (Å²) < 4.78 is 0. The highest BCUT2D eigenvalue weighted by atomic mass is 32.1. The molecule has 6 nitrogen and oxygen atoms in total. The Balaban J connectivity index is 1.76. The fourth-order valence-electron chi connectivity index (χ4n) is 2.77. The van der Waals surface area contributed by atoms with Crippen molar-refractivity contribution in [1.82, 2.24) is 9.97 Å². The van der Waals surface area contributed by atoms with Crippen molar-refractivity contribution in [3.8, 4) is 0 Å². The predicted molar refractivity (Wildman–Crippen MR) is 91.1 cm³/mol. The van der Waals surface area contributed by atoms with Crippen LogP contribution in [0.4, 0.5) is 11.5 Å². The van der Waals surface area contributed by atoms with Gasteiger partial charge in [-0.1, -0.05) is 0 Å². The first-order chi connectivity index (χ1) is 11.2. The number of aromatic nitrogens is 2. The number of nitrogens with zero attached hydrogens (tertiary/aromatic N) is 3. The van der Waals surface area contributed by atoms with Crippen molar-refractivity contribution in [2.45, 2.75) is 19.8 Å². The highest BCUT2D eigenvalue weighted by Gasteiger charge is 2.22. The molecule has 0 spiro atoms. The maximum atomic E-state index is 12.4. The van der Waals surface area contributed by atoms with Crippen LogP contribution in [0.15, 0.2) is 23.8 Å². The second-order valence-corrected chi connectivity index (χ2v) is 6.56. The van der Waals surface area contributed by atoms with Crippen molar-refractivity contribution in [2.24, 2.45) is 5.92 Å². The van der Waals surface area contributed by atoms with E-state index >= 15 is 0 Å². The molecule has 0 bridgehead atoms. The molecule has 7 heteroatoms.